The summed E-state index contributed by atoms with van der Waals surface area (Å²) in [7, 11) is 0. The molecule has 1 aromatic carbocycles. The molecule has 0 saturated carbocycles. The third kappa shape index (κ3) is 3.98. The van der Waals surface area contributed by atoms with E-state index in [1.807, 2.05) is 27.7 Å². The van der Waals surface area contributed by atoms with E-state index < -0.39 is 5.97 Å². The number of carboxylic acids is 1. The van der Waals surface area contributed by atoms with Crippen LogP contribution in [0.2, 0.25) is 0 Å². The van der Waals surface area contributed by atoms with Gasteiger partial charge in [-0.15, -0.1) is 0 Å². The van der Waals surface area contributed by atoms with Gasteiger partial charge in [0, 0.05) is 0 Å². The van der Waals surface area contributed by atoms with Crippen LogP contribution in [0, 0.1) is 0 Å². The van der Waals surface area contributed by atoms with Crippen LogP contribution in [0.3, 0.4) is 0 Å². The Hall–Kier alpha value is -1.71. The van der Waals surface area contributed by atoms with Crippen molar-refractivity contribution in [3.8, 4) is 11.5 Å². The third-order valence-corrected chi connectivity index (χ3v) is 1.92. The van der Waals surface area contributed by atoms with Crippen LogP contribution in [0.25, 0.3) is 0 Å². The van der Waals surface area contributed by atoms with Gasteiger partial charge in [0.1, 0.15) is 0 Å². The van der Waals surface area contributed by atoms with E-state index in [9.17, 15) is 4.79 Å². The molecule has 0 heterocycles. The topological polar surface area (TPSA) is 55.8 Å². The SMILES string of the molecule is CC(C)Oc1ccc(C(=O)O)cc1OC(C)C. The van der Waals surface area contributed by atoms with E-state index >= 15 is 0 Å². The van der Waals surface area contributed by atoms with Gasteiger partial charge in [0.25, 0.3) is 0 Å². The zero-order chi connectivity index (χ0) is 13.0. The van der Waals surface area contributed by atoms with Crippen LogP contribution < -0.4 is 9.47 Å². The molecule has 0 fully saturated rings. The van der Waals surface area contributed by atoms with E-state index in [4.69, 9.17) is 14.6 Å². The molecule has 1 N–H and O–H groups in total. The number of ether oxygens (including phenoxy) is 2. The maximum atomic E-state index is 10.9. The Bertz CT molecular complexity index is 396. The van der Waals surface area contributed by atoms with Gasteiger partial charge in [0.2, 0.25) is 0 Å². The molecule has 4 heteroatoms. The first kappa shape index (κ1) is 13.4. The van der Waals surface area contributed by atoms with Crippen molar-refractivity contribution < 1.29 is 19.4 Å². The maximum absolute atomic E-state index is 10.9. The second kappa shape index (κ2) is 5.57. The summed E-state index contributed by atoms with van der Waals surface area (Å²) in [6.45, 7) is 7.58. The normalized spacial score (nSPS) is 10.7. The fraction of sp³-hybridized carbons (Fsp3) is 0.462. The minimum Gasteiger partial charge on any atom is -0.487 e. The molecule has 0 saturated heterocycles. The molecular weight excluding hydrogens is 220 g/mol. The quantitative estimate of drug-likeness (QED) is 0.856. The highest BCUT2D eigenvalue weighted by Gasteiger charge is 2.12. The van der Waals surface area contributed by atoms with Crippen molar-refractivity contribution in [1.29, 1.82) is 0 Å². The zero-order valence-corrected chi connectivity index (χ0v) is 10.6. The van der Waals surface area contributed by atoms with Gasteiger partial charge >= 0.3 is 5.97 Å². The number of carboxylic acid groups (broad SMARTS) is 1. The molecule has 0 atom stereocenters. The van der Waals surface area contributed by atoms with Gasteiger partial charge in [-0.3, -0.25) is 0 Å². The van der Waals surface area contributed by atoms with Gasteiger partial charge in [0.05, 0.1) is 17.8 Å². The lowest BCUT2D eigenvalue weighted by Gasteiger charge is -2.17. The summed E-state index contributed by atoms with van der Waals surface area (Å²) >= 11 is 0. The van der Waals surface area contributed by atoms with Crippen molar-refractivity contribution in [2.24, 2.45) is 0 Å². The first-order chi connectivity index (χ1) is 7.90. The van der Waals surface area contributed by atoms with E-state index in [1.54, 1.807) is 6.07 Å². The second-order valence-corrected chi connectivity index (χ2v) is 4.30. The Kier molecular flexibility index (Phi) is 4.37. The van der Waals surface area contributed by atoms with Gasteiger partial charge in [-0.05, 0) is 45.9 Å². The zero-order valence-electron chi connectivity index (χ0n) is 10.6. The molecule has 0 amide bonds. The highest BCUT2D eigenvalue weighted by molar-refractivity contribution is 5.88. The largest absolute Gasteiger partial charge is 0.487 e. The van der Waals surface area contributed by atoms with Gasteiger partial charge in [-0.25, -0.2) is 4.79 Å². The number of rotatable bonds is 5. The van der Waals surface area contributed by atoms with E-state index in [2.05, 4.69) is 0 Å². The summed E-state index contributed by atoms with van der Waals surface area (Å²) in [6.07, 6.45) is -0.0197. The Morgan fingerprint density at radius 1 is 1.06 bits per heavy atom. The van der Waals surface area contributed by atoms with Crippen molar-refractivity contribution in [3.05, 3.63) is 23.8 Å². The lowest BCUT2D eigenvalue weighted by molar-refractivity contribution is 0.0696. The monoisotopic (exact) mass is 238 g/mol. The van der Waals surface area contributed by atoms with Crippen LogP contribution in [0.4, 0.5) is 0 Å². The molecule has 0 aliphatic heterocycles. The fourth-order valence-corrected chi connectivity index (χ4v) is 1.34. The summed E-state index contributed by atoms with van der Waals surface area (Å²) in [4.78, 5) is 10.9. The number of benzene rings is 1. The highest BCUT2D eigenvalue weighted by Crippen LogP contribution is 2.30. The Morgan fingerprint density at radius 2 is 1.59 bits per heavy atom. The van der Waals surface area contributed by atoms with Crippen molar-refractivity contribution in [3.63, 3.8) is 0 Å². The van der Waals surface area contributed by atoms with Crippen LogP contribution in [-0.4, -0.2) is 23.3 Å². The van der Waals surface area contributed by atoms with Crippen LogP contribution >= 0.6 is 0 Å². The third-order valence-electron chi connectivity index (χ3n) is 1.92. The Balaban J connectivity index is 3.07. The summed E-state index contributed by atoms with van der Waals surface area (Å²) in [5, 5.41) is 8.92. The standard InChI is InChI=1S/C13H18O4/c1-8(2)16-11-6-5-10(13(14)15)7-12(11)17-9(3)4/h5-9H,1-4H3,(H,14,15). The molecule has 1 aromatic rings. The van der Waals surface area contributed by atoms with Crippen molar-refractivity contribution in [2.45, 2.75) is 39.9 Å². The molecule has 1 rings (SSSR count). The Morgan fingerprint density at radius 3 is 2.06 bits per heavy atom. The maximum Gasteiger partial charge on any atom is 0.335 e. The first-order valence-electron chi connectivity index (χ1n) is 5.60. The molecule has 0 radical (unpaired) electrons. The molecule has 0 bridgehead atoms. The molecule has 17 heavy (non-hydrogen) atoms. The average Bonchev–Trinajstić information content (AvgIpc) is 2.18. The lowest BCUT2D eigenvalue weighted by Crippen LogP contribution is -2.11. The van der Waals surface area contributed by atoms with Gasteiger partial charge < -0.3 is 14.6 Å². The molecule has 4 nitrogen and oxygen atoms in total. The molecule has 0 aliphatic carbocycles. The van der Waals surface area contributed by atoms with Crippen LogP contribution in [0.1, 0.15) is 38.1 Å². The minimum absolute atomic E-state index is 0.0141. The number of carbonyl (C=O) groups is 1. The van der Waals surface area contributed by atoms with E-state index in [0.29, 0.717) is 11.5 Å². The van der Waals surface area contributed by atoms with Gasteiger partial charge in [0.15, 0.2) is 11.5 Å². The first-order valence-corrected chi connectivity index (χ1v) is 5.60. The summed E-state index contributed by atoms with van der Waals surface area (Å²) in [5.41, 5.74) is 0.191. The summed E-state index contributed by atoms with van der Waals surface area (Å²) < 4.78 is 11.1. The van der Waals surface area contributed by atoms with Crippen molar-refractivity contribution in [1.82, 2.24) is 0 Å². The van der Waals surface area contributed by atoms with E-state index in [-0.39, 0.29) is 17.8 Å². The molecule has 0 aromatic heterocycles. The fourth-order valence-electron chi connectivity index (χ4n) is 1.34. The molecular formula is C13H18O4. The predicted molar refractivity (Wildman–Crippen MR) is 64.9 cm³/mol. The number of hydrogen-bond acceptors (Lipinski definition) is 3. The summed E-state index contributed by atoms with van der Waals surface area (Å²) in [6, 6.07) is 4.62. The van der Waals surface area contributed by atoms with Gasteiger partial charge in [-0.2, -0.15) is 0 Å². The smallest absolute Gasteiger partial charge is 0.335 e. The molecule has 0 aliphatic rings. The lowest BCUT2D eigenvalue weighted by atomic mass is 10.2. The van der Waals surface area contributed by atoms with Gasteiger partial charge in [-0.1, -0.05) is 0 Å². The number of hydrogen-bond donors (Lipinski definition) is 1. The number of aromatic carboxylic acids is 1. The van der Waals surface area contributed by atoms with Crippen molar-refractivity contribution in [2.75, 3.05) is 0 Å². The van der Waals surface area contributed by atoms with Crippen LogP contribution in [-0.2, 0) is 0 Å². The van der Waals surface area contributed by atoms with E-state index in [1.165, 1.54) is 12.1 Å². The van der Waals surface area contributed by atoms with Crippen molar-refractivity contribution >= 4 is 5.97 Å². The molecule has 0 unspecified atom stereocenters. The highest BCUT2D eigenvalue weighted by atomic mass is 16.5. The van der Waals surface area contributed by atoms with Crippen LogP contribution in [0.5, 0.6) is 11.5 Å². The molecule has 94 valence electrons. The van der Waals surface area contributed by atoms with Crippen LogP contribution in [0.15, 0.2) is 18.2 Å². The minimum atomic E-state index is -0.977. The Labute approximate surface area is 101 Å². The second-order valence-electron chi connectivity index (χ2n) is 4.30. The molecule has 0 spiro atoms. The van der Waals surface area contributed by atoms with E-state index in [0.717, 1.165) is 0 Å². The summed E-state index contributed by atoms with van der Waals surface area (Å²) in [5.74, 6) is 0.0574. The predicted octanol–water partition coefficient (Wildman–Crippen LogP) is 2.96. The average molecular weight is 238 g/mol.